The molecule has 1 atom stereocenters. The molecule has 1 aromatic carbocycles. The molecule has 1 unspecified atom stereocenters. The fourth-order valence-electron chi connectivity index (χ4n) is 1.34. The number of ether oxygens (including phenoxy) is 1. The summed E-state index contributed by atoms with van der Waals surface area (Å²) < 4.78 is 5.17. The first-order valence-corrected chi connectivity index (χ1v) is 7.31. The fraction of sp³-hybridized carbons (Fsp3) is 0.500. The van der Waals surface area contributed by atoms with Gasteiger partial charge in [0.05, 0.1) is 11.9 Å². The van der Waals surface area contributed by atoms with E-state index in [1.54, 1.807) is 11.8 Å². The van der Waals surface area contributed by atoms with E-state index in [4.69, 9.17) is 10.5 Å². The lowest BCUT2D eigenvalue weighted by Gasteiger charge is -2.11. The van der Waals surface area contributed by atoms with Crippen molar-refractivity contribution >= 4 is 23.4 Å². The van der Waals surface area contributed by atoms with Gasteiger partial charge in [0.25, 0.3) is 0 Å². The third-order valence-corrected chi connectivity index (χ3v) is 3.75. The molecule has 0 saturated heterocycles. The number of nitrogens with two attached hydrogens (primary N) is 1. The number of esters is 1. The summed E-state index contributed by atoms with van der Waals surface area (Å²) in [6.45, 7) is 4.49. The number of carbonyl (C=O) groups excluding carboxylic acids is 1. The minimum absolute atomic E-state index is 0.121. The smallest absolute Gasteiger partial charge is 0.318 e. The zero-order valence-electron chi connectivity index (χ0n) is 11.0. The van der Waals surface area contributed by atoms with Gasteiger partial charge in [-0.1, -0.05) is 25.5 Å². The van der Waals surface area contributed by atoms with E-state index in [2.05, 4.69) is 6.92 Å². The average molecular weight is 267 g/mol. The predicted octanol–water partition coefficient (Wildman–Crippen LogP) is 3.23. The van der Waals surface area contributed by atoms with E-state index in [1.807, 2.05) is 31.2 Å². The summed E-state index contributed by atoms with van der Waals surface area (Å²) in [7, 11) is 0. The predicted molar refractivity (Wildman–Crippen MR) is 77.5 cm³/mol. The first-order valence-electron chi connectivity index (χ1n) is 6.26. The van der Waals surface area contributed by atoms with Crippen LogP contribution in [0.3, 0.4) is 0 Å². The highest BCUT2D eigenvalue weighted by molar-refractivity contribution is 7.99. The van der Waals surface area contributed by atoms with E-state index in [0.29, 0.717) is 6.61 Å². The summed E-state index contributed by atoms with van der Waals surface area (Å²) in [6.07, 6.45) is 1.97. The summed E-state index contributed by atoms with van der Waals surface area (Å²) in [5, 5.41) is -0.126. The van der Waals surface area contributed by atoms with E-state index < -0.39 is 0 Å². The Labute approximate surface area is 113 Å². The maximum atomic E-state index is 11.6. The molecule has 0 heterocycles. The van der Waals surface area contributed by atoms with Gasteiger partial charge in [-0.25, -0.2) is 0 Å². The van der Waals surface area contributed by atoms with Crippen LogP contribution in [-0.4, -0.2) is 17.8 Å². The number of rotatable bonds is 7. The van der Waals surface area contributed by atoms with Crippen LogP contribution in [-0.2, 0) is 15.3 Å². The quantitative estimate of drug-likeness (QED) is 0.468. The van der Waals surface area contributed by atoms with Crippen LogP contribution in [0.25, 0.3) is 0 Å². The first kappa shape index (κ1) is 14.9. The van der Waals surface area contributed by atoms with Crippen LogP contribution in [0.4, 0.5) is 5.69 Å². The zero-order valence-corrected chi connectivity index (χ0v) is 11.8. The molecule has 0 radical (unpaired) electrons. The van der Waals surface area contributed by atoms with Gasteiger partial charge in [0, 0.05) is 11.4 Å². The third kappa shape index (κ3) is 5.45. The normalized spacial score (nSPS) is 12.1. The molecule has 0 aromatic heterocycles. The van der Waals surface area contributed by atoms with Gasteiger partial charge in [0.1, 0.15) is 0 Å². The first-order chi connectivity index (χ1) is 8.63. The van der Waals surface area contributed by atoms with E-state index in [1.165, 1.54) is 5.56 Å². The number of benzene rings is 1. The second-order valence-electron chi connectivity index (χ2n) is 4.22. The Morgan fingerprint density at radius 1 is 1.39 bits per heavy atom. The molecule has 100 valence electrons. The molecule has 1 aromatic rings. The van der Waals surface area contributed by atoms with Gasteiger partial charge in [-0.15, -0.1) is 11.8 Å². The van der Waals surface area contributed by atoms with Crippen LogP contribution in [0.5, 0.6) is 0 Å². The number of hydrogen-bond acceptors (Lipinski definition) is 4. The summed E-state index contributed by atoms with van der Waals surface area (Å²) in [6, 6.07) is 7.72. The van der Waals surface area contributed by atoms with Gasteiger partial charge in [-0.05, 0) is 31.0 Å². The number of nitrogen functional groups attached to an aromatic ring is 1. The monoisotopic (exact) mass is 267 g/mol. The highest BCUT2D eigenvalue weighted by Crippen LogP contribution is 2.19. The lowest BCUT2D eigenvalue weighted by molar-refractivity contribution is -0.142. The second kappa shape index (κ2) is 8.03. The Bertz CT molecular complexity index is 365. The Kier molecular flexibility index (Phi) is 6.65. The molecular formula is C14H21NO2S. The van der Waals surface area contributed by atoms with Crippen LogP contribution in [0.1, 0.15) is 32.3 Å². The van der Waals surface area contributed by atoms with Crippen molar-refractivity contribution in [1.29, 1.82) is 0 Å². The van der Waals surface area contributed by atoms with Gasteiger partial charge >= 0.3 is 5.97 Å². The van der Waals surface area contributed by atoms with E-state index >= 15 is 0 Å². The summed E-state index contributed by atoms with van der Waals surface area (Å²) in [5.41, 5.74) is 7.55. The maximum absolute atomic E-state index is 11.6. The molecule has 0 aliphatic rings. The highest BCUT2D eigenvalue weighted by Gasteiger charge is 2.14. The molecule has 4 heteroatoms. The van der Waals surface area contributed by atoms with Crippen molar-refractivity contribution in [3.05, 3.63) is 29.8 Å². The molecule has 3 nitrogen and oxygen atoms in total. The summed E-state index contributed by atoms with van der Waals surface area (Å²) >= 11 is 1.59. The average Bonchev–Trinajstić information content (AvgIpc) is 2.38. The van der Waals surface area contributed by atoms with Crippen molar-refractivity contribution in [2.24, 2.45) is 0 Å². The fourth-order valence-corrected chi connectivity index (χ4v) is 2.18. The minimum atomic E-state index is -0.126. The van der Waals surface area contributed by atoms with Crippen molar-refractivity contribution in [3.63, 3.8) is 0 Å². The van der Waals surface area contributed by atoms with Gasteiger partial charge in [0.2, 0.25) is 0 Å². The minimum Gasteiger partial charge on any atom is -0.465 e. The molecule has 0 aliphatic heterocycles. The largest absolute Gasteiger partial charge is 0.465 e. The van der Waals surface area contributed by atoms with Crippen molar-refractivity contribution < 1.29 is 9.53 Å². The lowest BCUT2D eigenvalue weighted by Crippen LogP contribution is -2.17. The molecular weight excluding hydrogens is 246 g/mol. The van der Waals surface area contributed by atoms with Crippen molar-refractivity contribution in [1.82, 2.24) is 0 Å². The van der Waals surface area contributed by atoms with Crippen LogP contribution in [0.2, 0.25) is 0 Å². The molecule has 2 N–H and O–H groups in total. The van der Waals surface area contributed by atoms with E-state index in [-0.39, 0.29) is 11.2 Å². The number of thioether (sulfide) groups is 1. The SMILES string of the molecule is CCCCOC(=O)C(C)SCc1ccc(N)cc1. The van der Waals surface area contributed by atoms with Crippen molar-refractivity contribution in [2.45, 2.75) is 37.7 Å². The molecule has 0 aliphatic carbocycles. The highest BCUT2D eigenvalue weighted by atomic mass is 32.2. The topological polar surface area (TPSA) is 52.3 Å². The van der Waals surface area contributed by atoms with Gasteiger partial charge in [-0.2, -0.15) is 0 Å². The number of carbonyl (C=O) groups is 1. The maximum Gasteiger partial charge on any atom is 0.318 e. The Morgan fingerprint density at radius 2 is 2.06 bits per heavy atom. The second-order valence-corrected chi connectivity index (χ2v) is 5.54. The van der Waals surface area contributed by atoms with Gasteiger partial charge < -0.3 is 10.5 Å². The number of anilines is 1. The Hall–Kier alpha value is -1.16. The summed E-state index contributed by atoms with van der Waals surface area (Å²) in [4.78, 5) is 11.6. The Morgan fingerprint density at radius 3 is 2.67 bits per heavy atom. The zero-order chi connectivity index (χ0) is 13.4. The molecule has 0 saturated carbocycles. The molecule has 18 heavy (non-hydrogen) atoms. The number of hydrogen-bond donors (Lipinski definition) is 1. The number of unbranched alkanes of at least 4 members (excludes halogenated alkanes) is 1. The van der Waals surface area contributed by atoms with Crippen LogP contribution < -0.4 is 5.73 Å². The van der Waals surface area contributed by atoms with E-state index in [9.17, 15) is 4.79 Å². The van der Waals surface area contributed by atoms with E-state index in [0.717, 1.165) is 24.3 Å². The third-order valence-electron chi connectivity index (χ3n) is 2.55. The van der Waals surface area contributed by atoms with Gasteiger partial charge in [0.15, 0.2) is 0 Å². The summed E-state index contributed by atoms with van der Waals surface area (Å²) in [5.74, 6) is 0.675. The van der Waals surface area contributed by atoms with Crippen LogP contribution in [0, 0.1) is 0 Å². The molecule has 0 fully saturated rings. The van der Waals surface area contributed by atoms with Crippen LogP contribution in [0.15, 0.2) is 24.3 Å². The Balaban J connectivity index is 2.29. The van der Waals surface area contributed by atoms with Crippen molar-refractivity contribution in [3.8, 4) is 0 Å². The van der Waals surface area contributed by atoms with Crippen LogP contribution >= 0.6 is 11.8 Å². The molecule has 0 spiro atoms. The van der Waals surface area contributed by atoms with Crippen molar-refractivity contribution in [2.75, 3.05) is 12.3 Å². The molecule has 1 rings (SSSR count). The van der Waals surface area contributed by atoms with Gasteiger partial charge in [-0.3, -0.25) is 4.79 Å². The molecule has 0 amide bonds. The molecule has 0 bridgehead atoms. The standard InChI is InChI=1S/C14H21NO2S/c1-3-4-9-17-14(16)11(2)18-10-12-5-7-13(15)8-6-12/h5-8,11H,3-4,9-10,15H2,1-2H3. The lowest BCUT2D eigenvalue weighted by atomic mass is 10.2.